The Hall–Kier alpha value is -2.01. The molecule has 0 radical (unpaired) electrons. The number of hydrogen-bond acceptors (Lipinski definition) is 3. The smallest absolute Gasteiger partial charge is 0.264 e. The molecule has 106 valence electrons. The van der Waals surface area contributed by atoms with Gasteiger partial charge in [0.1, 0.15) is 5.75 Å². The van der Waals surface area contributed by atoms with Gasteiger partial charge >= 0.3 is 0 Å². The summed E-state index contributed by atoms with van der Waals surface area (Å²) >= 11 is 0. The van der Waals surface area contributed by atoms with Gasteiger partial charge in [-0.05, 0) is 37.6 Å². The van der Waals surface area contributed by atoms with E-state index in [1.54, 1.807) is 49.4 Å². The fourth-order valence-electron chi connectivity index (χ4n) is 2.06. The first-order valence-electron chi connectivity index (χ1n) is 6.34. The summed E-state index contributed by atoms with van der Waals surface area (Å²) < 4.78 is 26.6. The molecule has 0 saturated heterocycles. The van der Waals surface area contributed by atoms with E-state index in [2.05, 4.69) is 0 Å². The van der Waals surface area contributed by atoms with Crippen molar-refractivity contribution in [2.75, 3.05) is 10.8 Å². The van der Waals surface area contributed by atoms with Crippen LogP contribution in [0, 0.1) is 6.92 Å². The highest BCUT2D eigenvalue weighted by atomic mass is 32.2. The number of aryl methyl sites for hydroxylation is 1. The number of hydrogen-bond donors (Lipinski definition) is 1. The molecule has 0 aliphatic rings. The molecule has 0 bridgehead atoms. The van der Waals surface area contributed by atoms with E-state index >= 15 is 0 Å². The van der Waals surface area contributed by atoms with E-state index in [1.165, 1.54) is 10.4 Å². The minimum absolute atomic E-state index is 0.0484. The lowest BCUT2D eigenvalue weighted by atomic mass is 10.2. The Labute approximate surface area is 119 Å². The lowest BCUT2D eigenvalue weighted by molar-refractivity contribution is 0.475. The fourth-order valence-corrected chi connectivity index (χ4v) is 3.61. The number of phenols is 1. The summed E-state index contributed by atoms with van der Waals surface area (Å²) in [5.41, 5.74) is 1.29. The number of phenolic OH excluding ortho intramolecular Hbond substituents is 1. The molecule has 5 heteroatoms. The maximum Gasteiger partial charge on any atom is 0.264 e. The Bertz CT molecular complexity index is 696. The van der Waals surface area contributed by atoms with Crippen molar-refractivity contribution >= 4 is 15.7 Å². The topological polar surface area (TPSA) is 57.6 Å². The third-order valence-electron chi connectivity index (χ3n) is 3.08. The second kappa shape index (κ2) is 5.54. The largest absolute Gasteiger partial charge is 0.508 e. The van der Waals surface area contributed by atoms with Crippen molar-refractivity contribution in [2.45, 2.75) is 18.7 Å². The molecule has 2 rings (SSSR count). The van der Waals surface area contributed by atoms with Crippen LogP contribution in [0.3, 0.4) is 0 Å². The molecule has 2 aromatic rings. The fraction of sp³-hybridized carbons (Fsp3) is 0.200. The Balaban J connectivity index is 2.55. The van der Waals surface area contributed by atoms with Crippen LogP contribution in [0.15, 0.2) is 53.4 Å². The molecular formula is C15H17NO3S. The van der Waals surface area contributed by atoms with E-state index in [0.717, 1.165) is 5.56 Å². The molecular weight excluding hydrogens is 274 g/mol. The quantitative estimate of drug-likeness (QED) is 0.942. The zero-order valence-corrected chi connectivity index (χ0v) is 12.3. The van der Waals surface area contributed by atoms with Crippen molar-refractivity contribution < 1.29 is 13.5 Å². The minimum Gasteiger partial charge on any atom is -0.508 e. The summed E-state index contributed by atoms with van der Waals surface area (Å²) in [5, 5.41) is 9.60. The monoisotopic (exact) mass is 291 g/mol. The second-order valence-corrected chi connectivity index (χ2v) is 6.32. The maximum absolute atomic E-state index is 12.7. The van der Waals surface area contributed by atoms with Crippen LogP contribution in [0.25, 0.3) is 0 Å². The van der Waals surface area contributed by atoms with Gasteiger partial charge in [0.25, 0.3) is 10.0 Å². The van der Waals surface area contributed by atoms with Crippen molar-refractivity contribution in [1.82, 2.24) is 0 Å². The Morgan fingerprint density at radius 2 is 1.75 bits per heavy atom. The average molecular weight is 291 g/mol. The van der Waals surface area contributed by atoms with Gasteiger partial charge in [-0.1, -0.05) is 24.3 Å². The van der Waals surface area contributed by atoms with Crippen LogP contribution < -0.4 is 4.31 Å². The summed E-state index contributed by atoms with van der Waals surface area (Å²) in [7, 11) is -3.62. The minimum atomic E-state index is -3.62. The number of sulfonamides is 1. The number of benzene rings is 2. The average Bonchev–Trinajstić information content (AvgIpc) is 2.44. The van der Waals surface area contributed by atoms with Gasteiger partial charge < -0.3 is 5.11 Å². The van der Waals surface area contributed by atoms with Crippen molar-refractivity contribution in [3.63, 3.8) is 0 Å². The third kappa shape index (κ3) is 2.63. The van der Waals surface area contributed by atoms with Gasteiger partial charge in [0, 0.05) is 12.6 Å². The number of nitrogens with zero attached hydrogens (tertiary/aromatic N) is 1. The molecule has 0 atom stereocenters. The molecule has 2 aromatic carbocycles. The van der Waals surface area contributed by atoms with Crippen LogP contribution in [-0.2, 0) is 10.0 Å². The van der Waals surface area contributed by atoms with Crippen molar-refractivity contribution in [1.29, 1.82) is 0 Å². The molecule has 0 spiro atoms. The van der Waals surface area contributed by atoms with E-state index in [4.69, 9.17) is 0 Å². The second-order valence-electron chi connectivity index (χ2n) is 4.45. The summed E-state index contributed by atoms with van der Waals surface area (Å²) in [6.07, 6.45) is 0. The normalized spacial score (nSPS) is 11.3. The Kier molecular flexibility index (Phi) is 3.99. The van der Waals surface area contributed by atoms with E-state index in [0.29, 0.717) is 12.2 Å². The van der Waals surface area contributed by atoms with Crippen molar-refractivity contribution in [3.05, 3.63) is 54.1 Å². The van der Waals surface area contributed by atoms with E-state index in [9.17, 15) is 13.5 Å². The molecule has 0 saturated carbocycles. The highest BCUT2D eigenvalue weighted by molar-refractivity contribution is 7.92. The van der Waals surface area contributed by atoms with Gasteiger partial charge in [-0.25, -0.2) is 8.42 Å². The van der Waals surface area contributed by atoms with Crippen molar-refractivity contribution in [2.24, 2.45) is 0 Å². The van der Waals surface area contributed by atoms with Gasteiger partial charge in [-0.3, -0.25) is 4.31 Å². The van der Waals surface area contributed by atoms with Gasteiger partial charge in [-0.15, -0.1) is 0 Å². The highest BCUT2D eigenvalue weighted by Gasteiger charge is 2.24. The molecule has 0 fully saturated rings. The van der Waals surface area contributed by atoms with Crippen LogP contribution >= 0.6 is 0 Å². The van der Waals surface area contributed by atoms with Crippen molar-refractivity contribution in [3.8, 4) is 5.75 Å². The van der Waals surface area contributed by atoms with Gasteiger partial charge in [0.15, 0.2) is 0 Å². The molecule has 0 aliphatic heterocycles. The third-order valence-corrected chi connectivity index (χ3v) is 4.98. The molecule has 0 amide bonds. The predicted octanol–water partition coefficient (Wildman–Crippen LogP) is 2.92. The predicted molar refractivity (Wildman–Crippen MR) is 79.5 cm³/mol. The van der Waals surface area contributed by atoms with Crippen LogP contribution in [-0.4, -0.2) is 20.1 Å². The summed E-state index contributed by atoms with van der Waals surface area (Å²) in [4.78, 5) is 0.240. The Morgan fingerprint density at radius 1 is 1.10 bits per heavy atom. The van der Waals surface area contributed by atoms with E-state index in [1.807, 2.05) is 6.92 Å². The van der Waals surface area contributed by atoms with Crippen LogP contribution in [0.1, 0.15) is 12.5 Å². The number of anilines is 1. The first-order valence-corrected chi connectivity index (χ1v) is 7.78. The van der Waals surface area contributed by atoms with Gasteiger partial charge in [0.05, 0.1) is 10.6 Å². The summed E-state index contributed by atoms with van der Waals surface area (Å²) in [6, 6.07) is 13.0. The summed E-state index contributed by atoms with van der Waals surface area (Å²) in [5.74, 6) is 0.0484. The zero-order chi connectivity index (χ0) is 14.8. The summed E-state index contributed by atoms with van der Waals surface area (Å²) in [6.45, 7) is 3.88. The lowest BCUT2D eigenvalue weighted by Crippen LogP contribution is -2.31. The standard InChI is InChI=1S/C15H17NO3S/c1-3-16(15-11-13(17)10-9-12(15)2)20(18,19)14-7-5-4-6-8-14/h4-11,17H,3H2,1-2H3. The van der Waals surface area contributed by atoms with Crippen LogP contribution in [0.5, 0.6) is 5.75 Å². The SMILES string of the molecule is CCN(c1cc(O)ccc1C)S(=O)(=O)c1ccccc1. The van der Waals surface area contributed by atoms with Crippen LogP contribution in [0.2, 0.25) is 0 Å². The number of aromatic hydroxyl groups is 1. The van der Waals surface area contributed by atoms with E-state index in [-0.39, 0.29) is 10.6 Å². The molecule has 1 N–H and O–H groups in total. The lowest BCUT2D eigenvalue weighted by Gasteiger charge is -2.24. The first kappa shape index (κ1) is 14.4. The Morgan fingerprint density at radius 3 is 2.35 bits per heavy atom. The molecule has 0 unspecified atom stereocenters. The number of rotatable bonds is 4. The first-order chi connectivity index (χ1) is 9.46. The molecule has 0 aliphatic carbocycles. The van der Waals surface area contributed by atoms with Gasteiger partial charge in [0.2, 0.25) is 0 Å². The van der Waals surface area contributed by atoms with Crippen LogP contribution in [0.4, 0.5) is 5.69 Å². The molecule has 20 heavy (non-hydrogen) atoms. The van der Waals surface area contributed by atoms with E-state index < -0.39 is 10.0 Å². The highest BCUT2D eigenvalue weighted by Crippen LogP contribution is 2.29. The molecule has 4 nitrogen and oxygen atoms in total. The zero-order valence-electron chi connectivity index (χ0n) is 11.4. The molecule has 0 aromatic heterocycles. The van der Waals surface area contributed by atoms with Gasteiger partial charge in [-0.2, -0.15) is 0 Å². The maximum atomic E-state index is 12.7. The molecule has 0 heterocycles.